The molecule has 1 radical (unpaired) electrons. The zero-order chi connectivity index (χ0) is 8.27. The highest BCUT2D eigenvalue weighted by atomic mass is 32.1. The average Bonchev–Trinajstić information content (AvgIpc) is 2.05. The van der Waals surface area contributed by atoms with Gasteiger partial charge in [0.1, 0.15) is 0 Å². The van der Waals surface area contributed by atoms with Gasteiger partial charge in [0.25, 0.3) is 5.69 Å². The minimum atomic E-state index is -0.451. The molecule has 4 heteroatoms. The number of hydrogen-bond acceptors (Lipinski definition) is 3. The van der Waals surface area contributed by atoms with Crippen molar-refractivity contribution >= 4 is 23.3 Å². The molecule has 1 aromatic rings. The maximum absolute atomic E-state index is 10.2. The molecule has 0 aliphatic carbocycles. The van der Waals surface area contributed by atoms with Gasteiger partial charge in [0.2, 0.25) is 0 Å². The van der Waals surface area contributed by atoms with Gasteiger partial charge in [-0.25, -0.2) is 0 Å². The highest BCUT2D eigenvalue weighted by Crippen LogP contribution is 2.10. The largest absolute Gasteiger partial charge is 0.269 e. The van der Waals surface area contributed by atoms with Crippen molar-refractivity contribution in [2.45, 2.75) is 0 Å². The number of rotatable bonds is 2. The van der Waals surface area contributed by atoms with Gasteiger partial charge in [-0.05, 0) is 17.7 Å². The Balaban J connectivity index is 3.00. The Kier molecular flexibility index (Phi) is 2.28. The molecule has 11 heavy (non-hydrogen) atoms. The van der Waals surface area contributed by atoms with Crippen LogP contribution in [-0.2, 0) is 0 Å². The van der Waals surface area contributed by atoms with E-state index in [4.69, 9.17) is 0 Å². The Morgan fingerprint density at radius 1 is 1.36 bits per heavy atom. The molecular formula is C7H4NO2S. The Labute approximate surface area is 68.8 Å². The molecule has 0 aliphatic rings. The summed E-state index contributed by atoms with van der Waals surface area (Å²) in [6.07, 6.45) is 0. The van der Waals surface area contributed by atoms with Crippen LogP contribution in [0, 0.1) is 10.1 Å². The average molecular weight is 166 g/mol. The third-order valence-corrected chi connectivity index (χ3v) is 1.43. The van der Waals surface area contributed by atoms with Crippen molar-refractivity contribution in [2.75, 3.05) is 0 Å². The Morgan fingerprint density at radius 2 is 1.91 bits per heavy atom. The Hall–Kier alpha value is -1.29. The van der Waals surface area contributed by atoms with Gasteiger partial charge in [0, 0.05) is 12.1 Å². The van der Waals surface area contributed by atoms with Crippen LogP contribution in [0.2, 0.25) is 0 Å². The van der Waals surface area contributed by atoms with Crippen molar-refractivity contribution in [3.8, 4) is 0 Å². The van der Waals surface area contributed by atoms with E-state index in [1.807, 2.05) is 0 Å². The summed E-state index contributed by atoms with van der Waals surface area (Å²) in [5.74, 6) is 0. The summed E-state index contributed by atoms with van der Waals surface area (Å²) in [5, 5.41) is 12.6. The van der Waals surface area contributed by atoms with Gasteiger partial charge in [-0.3, -0.25) is 10.1 Å². The maximum atomic E-state index is 10.2. The molecule has 0 aliphatic heterocycles. The van der Waals surface area contributed by atoms with Crippen LogP contribution in [0.25, 0.3) is 0 Å². The highest BCUT2D eigenvalue weighted by molar-refractivity contribution is 7.79. The topological polar surface area (TPSA) is 43.1 Å². The fourth-order valence-electron chi connectivity index (χ4n) is 0.651. The first-order valence-electron chi connectivity index (χ1n) is 2.86. The zero-order valence-electron chi connectivity index (χ0n) is 5.48. The van der Waals surface area contributed by atoms with Crippen LogP contribution in [0.5, 0.6) is 0 Å². The molecule has 0 bridgehead atoms. The van der Waals surface area contributed by atoms with Gasteiger partial charge in [0.15, 0.2) is 0 Å². The summed E-state index contributed by atoms with van der Waals surface area (Å²) in [6, 6.07) is 5.92. The van der Waals surface area contributed by atoms with Crippen LogP contribution in [-0.4, -0.2) is 10.3 Å². The van der Waals surface area contributed by atoms with E-state index in [-0.39, 0.29) is 5.69 Å². The lowest BCUT2D eigenvalue weighted by molar-refractivity contribution is -0.384. The van der Waals surface area contributed by atoms with Crippen LogP contribution >= 0.6 is 12.2 Å². The van der Waals surface area contributed by atoms with E-state index in [9.17, 15) is 10.1 Å². The van der Waals surface area contributed by atoms with Gasteiger partial charge in [0.05, 0.1) is 10.3 Å². The Morgan fingerprint density at radius 3 is 2.27 bits per heavy atom. The van der Waals surface area contributed by atoms with Crippen molar-refractivity contribution in [2.24, 2.45) is 0 Å². The van der Waals surface area contributed by atoms with Crippen LogP contribution in [0.4, 0.5) is 5.69 Å². The van der Waals surface area contributed by atoms with Crippen molar-refractivity contribution in [1.29, 1.82) is 0 Å². The quantitative estimate of drug-likeness (QED) is 0.382. The van der Waals surface area contributed by atoms with Gasteiger partial charge in [-0.2, -0.15) is 0 Å². The highest BCUT2D eigenvalue weighted by Gasteiger charge is 2.01. The maximum Gasteiger partial charge on any atom is 0.269 e. The molecule has 3 nitrogen and oxygen atoms in total. The molecular weight excluding hydrogens is 162 g/mol. The number of nitro groups is 1. The van der Waals surface area contributed by atoms with Crippen molar-refractivity contribution < 1.29 is 4.92 Å². The minimum absolute atomic E-state index is 0.0685. The van der Waals surface area contributed by atoms with Crippen LogP contribution in [0.1, 0.15) is 5.56 Å². The first-order valence-corrected chi connectivity index (χ1v) is 3.27. The fraction of sp³-hybridized carbons (Fsp3) is 0. The fourth-order valence-corrected chi connectivity index (χ4v) is 0.787. The normalized spacial score (nSPS) is 9.09. The molecule has 0 N–H and O–H groups in total. The number of nitro benzene ring substituents is 1. The van der Waals surface area contributed by atoms with E-state index in [2.05, 4.69) is 17.6 Å². The van der Waals surface area contributed by atoms with Crippen LogP contribution in [0.15, 0.2) is 24.3 Å². The number of non-ortho nitro benzene ring substituents is 1. The molecule has 0 aromatic heterocycles. The first-order chi connectivity index (χ1) is 5.24. The van der Waals surface area contributed by atoms with Crippen LogP contribution < -0.4 is 0 Å². The first kappa shape index (κ1) is 7.81. The predicted octanol–water partition coefficient (Wildman–Crippen LogP) is 1.82. The van der Waals surface area contributed by atoms with Crippen LogP contribution in [0.3, 0.4) is 0 Å². The van der Waals surface area contributed by atoms with Gasteiger partial charge < -0.3 is 0 Å². The second-order valence-electron chi connectivity index (χ2n) is 1.91. The number of thiocarbonyl (C=S) groups is 1. The molecule has 0 atom stereocenters. The summed E-state index contributed by atoms with van der Waals surface area (Å²) in [6.45, 7) is 0. The van der Waals surface area contributed by atoms with E-state index >= 15 is 0 Å². The smallest absolute Gasteiger partial charge is 0.258 e. The van der Waals surface area contributed by atoms with E-state index in [1.165, 1.54) is 12.1 Å². The van der Waals surface area contributed by atoms with E-state index in [0.717, 1.165) is 0 Å². The zero-order valence-corrected chi connectivity index (χ0v) is 6.30. The molecule has 0 spiro atoms. The minimum Gasteiger partial charge on any atom is -0.258 e. The molecule has 0 heterocycles. The lowest BCUT2D eigenvalue weighted by atomic mass is 10.2. The molecule has 1 aromatic carbocycles. The summed E-state index contributed by atoms with van der Waals surface area (Å²) in [7, 11) is 0. The molecule has 55 valence electrons. The molecule has 0 saturated carbocycles. The SMILES string of the molecule is O=[N+]([O-])c1ccc([C]=S)cc1. The molecule has 0 saturated heterocycles. The standard InChI is InChI=1S/C7H4NO2S/c9-8(10)7-3-1-6(5-11)2-4-7/h1-4H. The van der Waals surface area contributed by atoms with Gasteiger partial charge >= 0.3 is 0 Å². The van der Waals surface area contributed by atoms with Gasteiger partial charge in [-0.15, -0.1) is 0 Å². The van der Waals surface area contributed by atoms with Crippen molar-refractivity contribution in [1.82, 2.24) is 0 Å². The molecule has 1 rings (SSSR count). The predicted molar refractivity (Wildman–Crippen MR) is 44.8 cm³/mol. The van der Waals surface area contributed by atoms with E-state index in [0.29, 0.717) is 5.56 Å². The molecule has 0 unspecified atom stereocenters. The number of benzene rings is 1. The monoisotopic (exact) mass is 166 g/mol. The second-order valence-corrected chi connectivity index (χ2v) is 2.11. The second kappa shape index (κ2) is 3.21. The summed E-state index contributed by atoms with van der Waals surface area (Å²) < 4.78 is 0. The Bertz CT molecular complexity index is 281. The van der Waals surface area contributed by atoms with E-state index < -0.39 is 4.92 Å². The summed E-state index contributed by atoms with van der Waals surface area (Å²) >= 11 is 4.51. The number of hydrogen-bond donors (Lipinski definition) is 0. The van der Waals surface area contributed by atoms with E-state index in [1.54, 1.807) is 12.1 Å². The number of nitrogens with zero attached hydrogens (tertiary/aromatic N) is 1. The molecule has 0 amide bonds. The van der Waals surface area contributed by atoms with Crippen molar-refractivity contribution in [3.05, 3.63) is 39.9 Å². The lowest BCUT2D eigenvalue weighted by Crippen LogP contribution is -1.87. The summed E-state index contributed by atoms with van der Waals surface area (Å²) in [4.78, 5) is 9.71. The van der Waals surface area contributed by atoms with Gasteiger partial charge in [-0.1, -0.05) is 12.2 Å². The third kappa shape index (κ3) is 1.81. The molecule has 0 fully saturated rings. The van der Waals surface area contributed by atoms with Crippen molar-refractivity contribution in [3.63, 3.8) is 0 Å². The third-order valence-electron chi connectivity index (χ3n) is 1.20. The summed E-state index contributed by atoms with van der Waals surface area (Å²) in [5.41, 5.74) is 0.754. The lowest BCUT2D eigenvalue weighted by Gasteiger charge is -1.90.